The van der Waals surface area contributed by atoms with Gasteiger partial charge in [-0.2, -0.15) is 0 Å². The van der Waals surface area contributed by atoms with Gasteiger partial charge >= 0.3 is 0 Å². The van der Waals surface area contributed by atoms with Gasteiger partial charge in [-0.15, -0.1) is 10.2 Å². The molecule has 0 radical (unpaired) electrons. The number of halogens is 1. The Kier molecular flexibility index (Phi) is 4.90. The van der Waals surface area contributed by atoms with E-state index in [0.29, 0.717) is 37.7 Å². The molecular weight excluding hydrogens is 302 g/mol. The van der Waals surface area contributed by atoms with E-state index in [1.165, 1.54) is 0 Å². The van der Waals surface area contributed by atoms with Crippen molar-refractivity contribution in [3.8, 4) is 0 Å². The highest BCUT2D eigenvalue weighted by atomic mass is 35.5. The molecule has 0 saturated carbocycles. The minimum atomic E-state index is -0.172. The molecule has 0 aromatic carbocycles. The molecule has 1 aliphatic rings. The van der Waals surface area contributed by atoms with Crippen molar-refractivity contribution in [1.82, 2.24) is 24.9 Å². The van der Waals surface area contributed by atoms with Crippen molar-refractivity contribution in [3.63, 3.8) is 0 Å². The molecule has 7 nitrogen and oxygen atoms in total. The zero-order chi connectivity index (χ0) is 14.7. The van der Waals surface area contributed by atoms with Crippen LogP contribution in [0.4, 0.5) is 0 Å². The van der Waals surface area contributed by atoms with E-state index >= 15 is 0 Å². The van der Waals surface area contributed by atoms with E-state index in [9.17, 15) is 9.59 Å². The zero-order valence-corrected chi connectivity index (χ0v) is 12.9. The first-order chi connectivity index (χ1) is 9.47. The van der Waals surface area contributed by atoms with Crippen molar-refractivity contribution in [1.29, 1.82) is 0 Å². The molecule has 1 aromatic heterocycles. The highest BCUT2D eigenvalue weighted by molar-refractivity contribution is 7.17. The van der Waals surface area contributed by atoms with Crippen LogP contribution < -0.4 is 0 Å². The minimum absolute atomic E-state index is 0.0843. The molecule has 1 aromatic rings. The molecule has 110 valence electrons. The second kappa shape index (κ2) is 6.47. The average Bonchev–Trinajstić information content (AvgIpc) is 2.84. The highest BCUT2D eigenvalue weighted by Crippen LogP contribution is 2.17. The van der Waals surface area contributed by atoms with Crippen LogP contribution in [0.15, 0.2) is 0 Å². The monoisotopic (exact) mass is 317 g/mol. The number of piperazine rings is 1. The van der Waals surface area contributed by atoms with Crippen LogP contribution in [-0.2, 0) is 4.79 Å². The van der Waals surface area contributed by atoms with Crippen LogP contribution in [0.25, 0.3) is 0 Å². The minimum Gasteiger partial charge on any atom is -0.338 e. The first kappa shape index (κ1) is 15.1. The third-order valence-corrected chi connectivity index (χ3v) is 3.96. The van der Waals surface area contributed by atoms with Gasteiger partial charge in [0.05, 0.1) is 6.54 Å². The fourth-order valence-electron chi connectivity index (χ4n) is 1.96. The second-order valence-corrected chi connectivity index (χ2v) is 6.33. The number of carbonyl (C=O) groups excluding carboxylic acids is 2. The summed E-state index contributed by atoms with van der Waals surface area (Å²) in [6, 6.07) is 0. The molecule has 0 unspecified atom stereocenters. The summed E-state index contributed by atoms with van der Waals surface area (Å²) in [5.74, 6) is -0.0878. The Morgan fingerprint density at radius 2 is 1.80 bits per heavy atom. The van der Waals surface area contributed by atoms with E-state index in [4.69, 9.17) is 11.6 Å². The van der Waals surface area contributed by atoms with Crippen molar-refractivity contribution in [2.24, 2.45) is 0 Å². The van der Waals surface area contributed by atoms with E-state index < -0.39 is 0 Å². The molecule has 0 N–H and O–H groups in total. The number of aromatic nitrogens is 2. The summed E-state index contributed by atoms with van der Waals surface area (Å²) in [5, 5.41) is 7.66. The van der Waals surface area contributed by atoms with Crippen LogP contribution in [0.3, 0.4) is 0 Å². The summed E-state index contributed by atoms with van der Waals surface area (Å²) in [5.41, 5.74) is 0. The topological polar surface area (TPSA) is 69.6 Å². The predicted octanol–water partition coefficient (Wildman–Crippen LogP) is 0.0375. The lowest BCUT2D eigenvalue weighted by Crippen LogP contribution is -2.52. The Bertz CT molecular complexity index is 499. The van der Waals surface area contributed by atoms with Gasteiger partial charge in [-0.1, -0.05) is 11.3 Å². The molecule has 1 fully saturated rings. The number of rotatable bonds is 3. The van der Waals surface area contributed by atoms with Crippen molar-refractivity contribution in [2.75, 3.05) is 46.8 Å². The van der Waals surface area contributed by atoms with Crippen LogP contribution in [0, 0.1) is 0 Å². The molecule has 0 spiro atoms. The second-order valence-electron chi connectivity index (χ2n) is 4.77. The van der Waals surface area contributed by atoms with Gasteiger partial charge in [-0.25, -0.2) is 0 Å². The molecule has 2 heterocycles. The normalized spacial score (nSPS) is 15.8. The predicted molar refractivity (Wildman–Crippen MR) is 76.0 cm³/mol. The third-order valence-electron chi connectivity index (χ3n) is 2.95. The molecule has 2 amide bonds. The Labute approximate surface area is 126 Å². The van der Waals surface area contributed by atoms with Crippen molar-refractivity contribution < 1.29 is 9.59 Å². The van der Waals surface area contributed by atoms with E-state index in [0.717, 1.165) is 11.3 Å². The lowest BCUT2D eigenvalue weighted by Gasteiger charge is -2.34. The van der Waals surface area contributed by atoms with Crippen LogP contribution in [0.1, 0.15) is 9.80 Å². The molecule has 1 saturated heterocycles. The molecule has 2 rings (SSSR count). The largest absolute Gasteiger partial charge is 0.338 e. The maximum Gasteiger partial charge on any atom is 0.285 e. The van der Waals surface area contributed by atoms with Gasteiger partial charge in [0.25, 0.3) is 5.91 Å². The van der Waals surface area contributed by atoms with Gasteiger partial charge in [0.2, 0.25) is 15.4 Å². The van der Waals surface area contributed by atoms with E-state index in [1.54, 1.807) is 9.80 Å². The fraction of sp³-hybridized carbons (Fsp3) is 0.636. The summed E-state index contributed by atoms with van der Waals surface area (Å²) >= 11 is 6.74. The summed E-state index contributed by atoms with van der Waals surface area (Å²) in [4.78, 5) is 29.3. The van der Waals surface area contributed by atoms with Gasteiger partial charge in [0.15, 0.2) is 0 Å². The van der Waals surface area contributed by atoms with E-state index in [-0.39, 0.29) is 16.3 Å². The van der Waals surface area contributed by atoms with Crippen LogP contribution in [-0.4, -0.2) is 83.5 Å². The molecular formula is C11H16ClN5O2S. The van der Waals surface area contributed by atoms with Crippen LogP contribution in [0.2, 0.25) is 4.47 Å². The third kappa shape index (κ3) is 3.65. The van der Waals surface area contributed by atoms with Gasteiger partial charge in [0.1, 0.15) is 0 Å². The molecule has 0 aliphatic carbocycles. The van der Waals surface area contributed by atoms with Gasteiger partial charge in [-0.3, -0.25) is 9.59 Å². The molecule has 9 heteroatoms. The zero-order valence-electron chi connectivity index (χ0n) is 11.4. The number of hydrogen-bond donors (Lipinski definition) is 0. The van der Waals surface area contributed by atoms with Crippen LogP contribution >= 0.6 is 22.9 Å². The number of nitrogens with zero attached hydrogens (tertiary/aromatic N) is 5. The Balaban J connectivity index is 1.88. The highest BCUT2D eigenvalue weighted by Gasteiger charge is 2.26. The smallest absolute Gasteiger partial charge is 0.285 e. The average molecular weight is 318 g/mol. The van der Waals surface area contributed by atoms with Gasteiger partial charge in [0, 0.05) is 26.2 Å². The summed E-state index contributed by atoms with van der Waals surface area (Å²) in [6.45, 7) is 2.50. The van der Waals surface area contributed by atoms with E-state index in [1.807, 2.05) is 19.0 Å². The number of likely N-dealkylation sites (N-methyl/N-ethyl adjacent to an activating group) is 1. The van der Waals surface area contributed by atoms with Crippen molar-refractivity contribution in [3.05, 3.63) is 9.47 Å². The molecule has 0 atom stereocenters. The van der Waals surface area contributed by atoms with Crippen LogP contribution in [0.5, 0.6) is 0 Å². The first-order valence-corrected chi connectivity index (χ1v) is 7.37. The summed E-state index contributed by atoms with van der Waals surface area (Å²) in [7, 11) is 3.72. The Morgan fingerprint density at radius 1 is 1.20 bits per heavy atom. The lowest BCUT2D eigenvalue weighted by molar-refractivity contribution is -0.133. The number of carbonyl (C=O) groups is 2. The molecule has 0 bridgehead atoms. The quantitative estimate of drug-likeness (QED) is 0.787. The van der Waals surface area contributed by atoms with Gasteiger partial charge < -0.3 is 14.7 Å². The van der Waals surface area contributed by atoms with Gasteiger partial charge in [-0.05, 0) is 25.7 Å². The first-order valence-electron chi connectivity index (χ1n) is 6.18. The van der Waals surface area contributed by atoms with Crippen molar-refractivity contribution in [2.45, 2.75) is 0 Å². The standard InChI is InChI=1S/C11H16ClN5O2S/c1-15(2)7-8(18)16-3-5-17(6-4-16)10(19)9-13-14-11(12)20-9/h3-7H2,1-2H3. The Morgan fingerprint density at radius 3 is 2.30 bits per heavy atom. The summed E-state index contributed by atoms with van der Waals surface area (Å²) in [6.07, 6.45) is 0. The number of hydrogen-bond acceptors (Lipinski definition) is 6. The van der Waals surface area contributed by atoms with Crippen molar-refractivity contribution >= 4 is 34.8 Å². The maximum atomic E-state index is 12.1. The number of amides is 2. The lowest BCUT2D eigenvalue weighted by atomic mass is 10.3. The fourth-order valence-corrected chi connectivity index (χ4v) is 2.75. The summed E-state index contributed by atoms with van der Waals surface area (Å²) < 4.78 is 0.258. The SMILES string of the molecule is CN(C)CC(=O)N1CCN(C(=O)c2nnc(Cl)s2)CC1. The maximum absolute atomic E-state index is 12.1. The van der Waals surface area contributed by atoms with E-state index in [2.05, 4.69) is 10.2 Å². The Hall–Kier alpha value is -1.25. The molecule has 1 aliphatic heterocycles. The molecule has 20 heavy (non-hydrogen) atoms.